The number of pyridine rings is 1. The van der Waals surface area contributed by atoms with Gasteiger partial charge in [-0.3, -0.25) is 14.7 Å². The molecule has 1 amide bonds. The van der Waals surface area contributed by atoms with E-state index in [0.29, 0.717) is 18.3 Å². The maximum absolute atomic E-state index is 12.4. The fraction of sp³-hybridized carbons (Fsp3) is 0.304. The predicted molar refractivity (Wildman–Crippen MR) is 120 cm³/mol. The Kier molecular flexibility index (Phi) is 6.68. The molecule has 0 saturated carbocycles. The third-order valence-electron chi connectivity index (χ3n) is 5.32. The van der Waals surface area contributed by atoms with Gasteiger partial charge in [0.15, 0.2) is 0 Å². The summed E-state index contributed by atoms with van der Waals surface area (Å²) < 4.78 is 5.14. The lowest BCUT2D eigenvalue weighted by Crippen LogP contribution is -2.38. The molecule has 0 radical (unpaired) electrons. The van der Waals surface area contributed by atoms with Crippen LogP contribution < -0.4 is 15.4 Å². The van der Waals surface area contributed by atoms with Crippen molar-refractivity contribution >= 4 is 23.2 Å². The Balaban J connectivity index is 1.27. The molecular weight excluding hydrogens is 392 g/mol. The number of rotatable bonds is 7. The number of likely N-dealkylation sites (tertiary alicyclic amines) is 1. The summed E-state index contributed by atoms with van der Waals surface area (Å²) in [7, 11) is 1.62. The highest BCUT2D eigenvalue weighted by Crippen LogP contribution is 2.27. The van der Waals surface area contributed by atoms with Crippen molar-refractivity contribution in [2.75, 3.05) is 37.4 Å². The van der Waals surface area contributed by atoms with Gasteiger partial charge in [-0.15, -0.1) is 0 Å². The van der Waals surface area contributed by atoms with Crippen LogP contribution in [0.1, 0.15) is 24.5 Å². The van der Waals surface area contributed by atoms with Gasteiger partial charge in [-0.25, -0.2) is 9.97 Å². The van der Waals surface area contributed by atoms with Gasteiger partial charge >= 0.3 is 0 Å². The Morgan fingerprint density at radius 2 is 1.90 bits per heavy atom. The molecule has 4 rings (SSSR count). The van der Waals surface area contributed by atoms with Crippen LogP contribution in [0.3, 0.4) is 0 Å². The molecule has 0 unspecified atom stereocenters. The van der Waals surface area contributed by atoms with Crippen LogP contribution in [0.2, 0.25) is 0 Å². The first-order valence-electron chi connectivity index (χ1n) is 10.4. The Labute approximate surface area is 181 Å². The van der Waals surface area contributed by atoms with Gasteiger partial charge in [-0.2, -0.15) is 0 Å². The number of methoxy groups -OCH3 is 1. The second kappa shape index (κ2) is 9.99. The number of carbonyl (C=O) groups is 1. The van der Waals surface area contributed by atoms with Crippen molar-refractivity contribution in [2.45, 2.75) is 18.8 Å². The summed E-state index contributed by atoms with van der Waals surface area (Å²) in [5.41, 5.74) is 1.75. The van der Waals surface area contributed by atoms with Crippen LogP contribution in [-0.4, -0.2) is 52.5 Å². The summed E-state index contributed by atoms with van der Waals surface area (Å²) in [6.45, 7) is 2.08. The van der Waals surface area contributed by atoms with Crippen LogP contribution in [0.4, 0.5) is 17.3 Å². The highest BCUT2D eigenvalue weighted by Gasteiger charge is 2.23. The molecule has 0 aliphatic carbocycles. The largest absolute Gasteiger partial charge is 0.497 e. The normalized spacial score (nSPS) is 14.7. The van der Waals surface area contributed by atoms with Crippen molar-refractivity contribution in [1.29, 1.82) is 0 Å². The number of aromatic nitrogens is 3. The zero-order chi connectivity index (χ0) is 21.5. The van der Waals surface area contributed by atoms with Crippen LogP contribution in [0.25, 0.3) is 0 Å². The fourth-order valence-electron chi connectivity index (χ4n) is 3.67. The van der Waals surface area contributed by atoms with Crippen molar-refractivity contribution in [1.82, 2.24) is 19.9 Å². The zero-order valence-electron chi connectivity index (χ0n) is 17.5. The monoisotopic (exact) mass is 418 g/mol. The van der Waals surface area contributed by atoms with Crippen LogP contribution in [-0.2, 0) is 4.79 Å². The highest BCUT2D eigenvalue weighted by atomic mass is 16.5. The molecule has 1 aliphatic heterocycles. The summed E-state index contributed by atoms with van der Waals surface area (Å²) in [5, 5.41) is 6.13. The Hall–Kier alpha value is -3.52. The zero-order valence-corrected chi connectivity index (χ0v) is 17.5. The van der Waals surface area contributed by atoms with E-state index in [1.54, 1.807) is 19.5 Å². The quantitative estimate of drug-likeness (QED) is 0.607. The van der Waals surface area contributed by atoms with E-state index in [0.717, 1.165) is 48.9 Å². The molecule has 8 nitrogen and oxygen atoms in total. The molecule has 1 aliphatic rings. The van der Waals surface area contributed by atoms with Gasteiger partial charge in [-0.1, -0.05) is 6.07 Å². The second-order valence-electron chi connectivity index (χ2n) is 7.50. The van der Waals surface area contributed by atoms with Crippen LogP contribution in [0.15, 0.2) is 61.1 Å². The molecule has 3 aromatic rings. The third-order valence-corrected chi connectivity index (χ3v) is 5.32. The van der Waals surface area contributed by atoms with E-state index in [1.807, 2.05) is 48.7 Å². The lowest BCUT2D eigenvalue weighted by molar-refractivity contribution is -0.117. The van der Waals surface area contributed by atoms with Crippen molar-refractivity contribution < 1.29 is 9.53 Å². The van der Waals surface area contributed by atoms with E-state index < -0.39 is 0 Å². The molecule has 8 heteroatoms. The number of piperidine rings is 1. The Bertz CT molecular complexity index is 988. The minimum Gasteiger partial charge on any atom is -0.497 e. The maximum atomic E-state index is 12.4. The van der Waals surface area contributed by atoms with Gasteiger partial charge in [0, 0.05) is 24.0 Å². The van der Waals surface area contributed by atoms with E-state index in [4.69, 9.17) is 9.72 Å². The standard InChI is InChI=1S/C23H26N6O2/c1-31-19-7-5-18(6-8-19)26-23(30)16-29-12-9-17(10-13-29)20-14-24-15-22(27-20)28-21-4-2-3-11-25-21/h2-8,11,14-15,17H,9-10,12-13,16H2,1H3,(H,26,30)(H,25,27,28). The Morgan fingerprint density at radius 1 is 1.10 bits per heavy atom. The molecule has 2 N–H and O–H groups in total. The van der Waals surface area contributed by atoms with Crippen LogP contribution >= 0.6 is 0 Å². The number of hydrogen-bond donors (Lipinski definition) is 2. The highest BCUT2D eigenvalue weighted by molar-refractivity contribution is 5.92. The van der Waals surface area contributed by atoms with Gasteiger partial charge in [-0.05, 0) is 62.3 Å². The number of hydrogen-bond acceptors (Lipinski definition) is 7. The number of nitrogens with one attached hydrogen (secondary N) is 2. The number of anilines is 3. The van der Waals surface area contributed by atoms with Crippen molar-refractivity contribution in [3.63, 3.8) is 0 Å². The summed E-state index contributed by atoms with van der Waals surface area (Å²) >= 11 is 0. The molecular formula is C23H26N6O2. The average molecular weight is 419 g/mol. The molecule has 1 aromatic carbocycles. The summed E-state index contributed by atoms with van der Waals surface area (Å²) in [5.74, 6) is 2.52. The second-order valence-corrected chi connectivity index (χ2v) is 7.50. The first-order valence-corrected chi connectivity index (χ1v) is 10.4. The van der Waals surface area contributed by atoms with Crippen LogP contribution in [0, 0.1) is 0 Å². The van der Waals surface area contributed by atoms with E-state index in [1.165, 1.54) is 0 Å². The lowest BCUT2D eigenvalue weighted by atomic mass is 9.94. The van der Waals surface area contributed by atoms with Gasteiger partial charge in [0.2, 0.25) is 5.91 Å². The predicted octanol–water partition coefficient (Wildman–Crippen LogP) is 3.44. The fourth-order valence-corrected chi connectivity index (χ4v) is 3.67. The lowest BCUT2D eigenvalue weighted by Gasteiger charge is -2.31. The van der Waals surface area contributed by atoms with E-state index in [2.05, 4.69) is 25.5 Å². The summed E-state index contributed by atoms with van der Waals surface area (Å²) in [6.07, 6.45) is 7.16. The number of nitrogens with zero attached hydrogens (tertiary/aromatic N) is 4. The summed E-state index contributed by atoms with van der Waals surface area (Å²) in [4.78, 5) is 27.9. The average Bonchev–Trinajstić information content (AvgIpc) is 2.81. The molecule has 31 heavy (non-hydrogen) atoms. The van der Waals surface area contributed by atoms with Crippen molar-refractivity contribution in [3.05, 3.63) is 66.7 Å². The van der Waals surface area contributed by atoms with Crippen molar-refractivity contribution in [3.8, 4) is 5.75 Å². The number of amides is 1. The Morgan fingerprint density at radius 3 is 2.61 bits per heavy atom. The molecule has 0 bridgehead atoms. The molecule has 1 fully saturated rings. The minimum absolute atomic E-state index is 0.00929. The van der Waals surface area contributed by atoms with E-state index in [9.17, 15) is 4.79 Å². The first kappa shape index (κ1) is 20.7. The molecule has 0 atom stereocenters. The molecule has 2 aromatic heterocycles. The maximum Gasteiger partial charge on any atom is 0.238 e. The number of benzene rings is 1. The topological polar surface area (TPSA) is 92.3 Å². The van der Waals surface area contributed by atoms with Gasteiger partial charge in [0.1, 0.15) is 17.4 Å². The van der Waals surface area contributed by atoms with E-state index >= 15 is 0 Å². The van der Waals surface area contributed by atoms with Crippen LogP contribution in [0.5, 0.6) is 5.75 Å². The molecule has 160 valence electrons. The molecule has 0 spiro atoms. The smallest absolute Gasteiger partial charge is 0.238 e. The number of ether oxygens (including phenoxy) is 1. The van der Waals surface area contributed by atoms with Gasteiger partial charge in [0.25, 0.3) is 0 Å². The minimum atomic E-state index is -0.00929. The van der Waals surface area contributed by atoms with Gasteiger partial charge in [0.05, 0.1) is 25.5 Å². The summed E-state index contributed by atoms with van der Waals surface area (Å²) in [6, 6.07) is 13.0. The number of carbonyl (C=O) groups excluding carboxylic acids is 1. The SMILES string of the molecule is COc1ccc(NC(=O)CN2CCC(c3cncc(Nc4ccccn4)n3)CC2)cc1. The van der Waals surface area contributed by atoms with E-state index in [-0.39, 0.29) is 5.91 Å². The molecule has 1 saturated heterocycles. The third kappa shape index (κ3) is 5.76. The first-order chi connectivity index (χ1) is 15.2. The van der Waals surface area contributed by atoms with Crippen molar-refractivity contribution in [2.24, 2.45) is 0 Å². The van der Waals surface area contributed by atoms with Gasteiger partial charge < -0.3 is 15.4 Å². The molecule has 3 heterocycles.